The molecule has 2 saturated heterocycles. The largest absolute Gasteiger partial charge is 0.356 e. The Morgan fingerprint density at radius 1 is 0.925 bits per heavy atom. The minimum Gasteiger partial charge on any atom is -0.356 e. The van der Waals surface area contributed by atoms with Crippen molar-refractivity contribution in [3.05, 3.63) is 71.8 Å². The van der Waals surface area contributed by atoms with Crippen LogP contribution < -0.4 is 21.7 Å². The quantitative estimate of drug-likeness (QED) is 0.363. The first-order chi connectivity index (χ1) is 19.3. The molecule has 4 rings (SSSR count). The number of hydrogen-bond acceptors (Lipinski definition) is 5. The number of hydrogen-bond donors (Lipinski definition) is 4. The van der Waals surface area contributed by atoms with Crippen molar-refractivity contribution < 1.29 is 19.2 Å². The van der Waals surface area contributed by atoms with Crippen LogP contribution in [0.3, 0.4) is 0 Å². The number of amides is 4. The van der Waals surface area contributed by atoms with Crippen LogP contribution in [0.4, 0.5) is 0 Å². The molecule has 2 heterocycles. The summed E-state index contributed by atoms with van der Waals surface area (Å²) in [5.41, 5.74) is 7.88. The predicted octanol–water partition coefficient (Wildman–Crippen LogP) is 2.41. The summed E-state index contributed by atoms with van der Waals surface area (Å²) in [6, 6.07) is 16.8. The van der Waals surface area contributed by atoms with E-state index in [0.29, 0.717) is 38.5 Å². The Bertz CT molecular complexity index is 1140. The van der Waals surface area contributed by atoms with Crippen molar-refractivity contribution in [3.8, 4) is 0 Å². The molecular formula is C31H41N5O4. The average molecular weight is 548 g/mol. The highest BCUT2D eigenvalue weighted by Gasteiger charge is 2.48. The summed E-state index contributed by atoms with van der Waals surface area (Å²) in [6.45, 7) is 3.85. The van der Waals surface area contributed by atoms with Gasteiger partial charge in [-0.1, -0.05) is 74.5 Å². The Kier molecular flexibility index (Phi) is 9.93. The van der Waals surface area contributed by atoms with Crippen molar-refractivity contribution in [2.24, 2.45) is 11.7 Å². The summed E-state index contributed by atoms with van der Waals surface area (Å²) in [6.07, 6.45) is 3.34. The second kappa shape index (κ2) is 13.6. The smallest absolute Gasteiger partial charge is 0.246 e. The number of rotatable bonds is 10. The van der Waals surface area contributed by atoms with Gasteiger partial charge >= 0.3 is 0 Å². The first kappa shape index (κ1) is 29.3. The molecule has 9 nitrogen and oxygen atoms in total. The molecule has 0 unspecified atom stereocenters. The zero-order valence-electron chi connectivity index (χ0n) is 23.3. The molecule has 2 aromatic rings. The van der Waals surface area contributed by atoms with E-state index >= 15 is 0 Å². The summed E-state index contributed by atoms with van der Waals surface area (Å²) >= 11 is 0. The van der Waals surface area contributed by atoms with Crippen LogP contribution in [0.15, 0.2) is 60.7 Å². The van der Waals surface area contributed by atoms with E-state index in [1.165, 1.54) is 0 Å². The number of benzene rings is 2. The van der Waals surface area contributed by atoms with Gasteiger partial charge in [-0.25, -0.2) is 0 Å². The van der Waals surface area contributed by atoms with Crippen molar-refractivity contribution in [2.45, 2.75) is 82.6 Å². The van der Waals surface area contributed by atoms with Gasteiger partial charge in [-0.15, -0.1) is 0 Å². The SMILES string of the molecule is CCC(=O)NC[C@H]1CC[C@H]2CC[C@@H](C(=O)NC(c3ccccc3)c3ccccc3)N2C(=O)[C@H]1NC(=O)[C@@H](N)CC. The molecule has 5 N–H and O–H groups in total. The summed E-state index contributed by atoms with van der Waals surface area (Å²) in [7, 11) is 0. The van der Waals surface area contributed by atoms with Crippen molar-refractivity contribution in [2.75, 3.05) is 6.54 Å². The molecule has 0 aromatic heterocycles. The highest BCUT2D eigenvalue weighted by Crippen LogP contribution is 2.35. The van der Waals surface area contributed by atoms with Crippen LogP contribution in [-0.2, 0) is 19.2 Å². The zero-order valence-corrected chi connectivity index (χ0v) is 23.3. The van der Waals surface area contributed by atoms with E-state index in [4.69, 9.17) is 5.73 Å². The van der Waals surface area contributed by atoms with E-state index in [2.05, 4.69) is 16.0 Å². The molecule has 0 saturated carbocycles. The molecule has 0 radical (unpaired) electrons. The molecule has 5 atom stereocenters. The minimum atomic E-state index is -0.875. The monoisotopic (exact) mass is 547 g/mol. The molecule has 9 heteroatoms. The molecule has 0 aliphatic carbocycles. The van der Waals surface area contributed by atoms with E-state index in [-0.39, 0.29) is 42.3 Å². The molecule has 40 heavy (non-hydrogen) atoms. The summed E-state index contributed by atoms with van der Waals surface area (Å²) in [4.78, 5) is 54.5. The Morgan fingerprint density at radius 3 is 2.10 bits per heavy atom. The fourth-order valence-electron chi connectivity index (χ4n) is 5.80. The van der Waals surface area contributed by atoms with Gasteiger partial charge in [0.2, 0.25) is 23.6 Å². The lowest BCUT2D eigenvalue weighted by molar-refractivity contribution is -0.143. The maximum Gasteiger partial charge on any atom is 0.246 e. The molecule has 0 bridgehead atoms. The molecular weight excluding hydrogens is 506 g/mol. The second-order valence-electron chi connectivity index (χ2n) is 10.8. The van der Waals surface area contributed by atoms with Crippen LogP contribution in [0.25, 0.3) is 0 Å². The number of nitrogens with two attached hydrogens (primary N) is 1. The van der Waals surface area contributed by atoms with Gasteiger partial charge in [0, 0.05) is 24.9 Å². The summed E-state index contributed by atoms with van der Waals surface area (Å²) in [5, 5.41) is 8.98. The number of carbonyl (C=O) groups excluding carboxylic acids is 4. The first-order valence-corrected chi connectivity index (χ1v) is 14.4. The van der Waals surface area contributed by atoms with E-state index in [1.54, 1.807) is 11.8 Å². The van der Waals surface area contributed by atoms with E-state index in [0.717, 1.165) is 11.1 Å². The summed E-state index contributed by atoms with van der Waals surface area (Å²) < 4.78 is 0. The van der Waals surface area contributed by atoms with Crippen LogP contribution in [0, 0.1) is 5.92 Å². The average Bonchev–Trinajstić information content (AvgIpc) is 3.37. The van der Waals surface area contributed by atoms with Gasteiger partial charge in [-0.05, 0) is 43.2 Å². The fourth-order valence-corrected chi connectivity index (χ4v) is 5.80. The minimum absolute atomic E-state index is 0.110. The van der Waals surface area contributed by atoms with Crippen LogP contribution in [0.5, 0.6) is 0 Å². The normalized spacial score (nSPS) is 23.2. The number of fused-ring (bicyclic) bond motifs is 1. The van der Waals surface area contributed by atoms with Gasteiger partial charge in [-0.2, -0.15) is 0 Å². The van der Waals surface area contributed by atoms with Crippen LogP contribution in [0.2, 0.25) is 0 Å². The lowest BCUT2D eigenvalue weighted by Gasteiger charge is -2.33. The molecule has 2 aliphatic heterocycles. The second-order valence-corrected chi connectivity index (χ2v) is 10.8. The molecule has 2 fully saturated rings. The van der Waals surface area contributed by atoms with Crippen LogP contribution in [-0.4, -0.2) is 59.2 Å². The Labute approximate surface area is 236 Å². The van der Waals surface area contributed by atoms with Gasteiger partial charge in [0.05, 0.1) is 12.1 Å². The van der Waals surface area contributed by atoms with Crippen LogP contribution >= 0.6 is 0 Å². The van der Waals surface area contributed by atoms with E-state index in [9.17, 15) is 19.2 Å². The molecule has 4 amide bonds. The molecule has 2 aliphatic rings. The van der Waals surface area contributed by atoms with Gasteiger partial charge in [-0.3, -0.25) is 19.2 Å². The number of carbonyl (C=O) groups is 4. The zero-order chi connectivity index (χ0) is 28.6. The highest BCUT2D eigenvalue weighted by atomic mass is 16.2. The summed E-state index contributed by atoms with van der Waals surface area (Å²) in [5.74, 6) is -1.32. The third kappa shape index (κ3) is 6.70. The topological polar surface area (TPSA) is 134 Å². The van der Waals surface area contributed by atoms with Crippen molar-refractivity contribution in [1.82, 2.24) is 20.9 Å². The Morgan fingerprint density at radius 2 is 1.52 bits per heavy atom. The number of nitrogens with one attached hydrogen (secondary N) is 3. The Hall–Kier alpha value is -3.72. The number of nitrogens with zero attached hydrogens (tertiary/aromatic N) is 1. The van der Waals surface area contributed by atoms with Crippen molar-refractivity contribution in [1.29, 1.82) is 0 Å². The maximum atomic E-state index is 14.1. The third-order valence-electron chi connectivity index (χ3n) is 8.18. The molecule has 0 spiro atoms. The van der Waals surface area contributed by atoms with E-state index in [1.807, 2.05) is 67.6 Å². The van der Waals surface area contributed by atoms with Gasteiger partial charge in [0.1, 0.15) is 12.1 Å². The highest BCUT2D eigenvalue weighted by molar-refractivity contribution is 5.94. The molecule has 2 aromatic carbocycles. The van der Waals surface area contributed by atoms with Gasteiger partial charge in [0.15, 0.2) is 0 Å². The standard InChI is InChI=1S/C31H41N5O4/c1-3-24(32)29(38)35-28-22(19-33-26(37)4-2)15-16-23-17-18-25(36(23)31(28)40)30(39)34-27(20-11-7-5-8-12-20)21-13-9-6-10-14-21/h5-14,22-25,27-28H,3-4,15-19,32H2,1-2H3,(H,33,37)(H,34,39)(H,35,38)/t22-,23+,24+,25+,28+/m1/s1. The van der Waals surface area contributed by atoms with Crippen molar-refractivity contribution in [3.63, 3.8) is 0 Å². The van der Waals surface area contributed by atoms with Crippen molar-refractivity contribution >= 4 is 23.6 Å². The maximum absolute atomic E-state index is 14.1. The fraction of sp³-hybridized carbons (Fsp3) is 0.484. The van der Waals surface area contributed by atoms with E-state index < -0.39 is 24.0 Å². The Balaban J connectivity index is 1.59. The predicted molar refractivity (Wildman–Crippen MR) is 153 cm³/mol. The van der Waals surface area contributed by atoms with Gasteiger partial charge in [0.25, 0.3) is 0 Å². The lowest BCUT2D eigenvalue weighted by Crippen LogP contribution is -2.59. The third-order valence-corrected chi connectivity index (χ3v) is 8.18. The first-order valence-electron chi connectivity index (χ1n) is 14.4. The van der Waals surface area contributed by atoms with Crippen LogP contribution in [0.1, 0.15) is 69.5 Å². The lowest BCUT2D eigenvalue weighted by atomic mass is 9.92. The van der Waals surface area contributed by atoms with Gasteiger partial charge < -0.3 is 26.6 Å². The molecule has 214 valence electrons.